The van der Waals surface area contributed by atoms with Gasteiger partial charge in [-0.25, -0.2) is 0 Å². The minimum Gasteiger partial charge on any atom is -0.508 e. The molecule has 5 nitrogen and oxygen atoms in total. The number of rotatable bonds is 7. The Kier molecular flexibility index (Phi) is 6.56. The lowest BCUT2D eigenvalue weighted by atomic mass is 10.0. The summed E-state index contributed by atoms with van der Waals surface area (Å²) in [5, 5.41) is 14.8. The molecule has 5 heteroatoms. The first-order chi connectivity index (χ1) is 9.58. The van der Waals surface area contributed by atoms with E-state index in [1.54, 1.807) is 12.1 Å². The van der Waals surface area contributed by atoms with E-state index in [-0.39, 0.29) is 23.5 Å². The normalized spacial score (nSPS) is 10.3. The van der Waals surface area contributed by atoms with Crippen LogP contribution >= 0.6 is 0 Å². The van der Waals surface area contributed by atoms with Gasteiger partial charge < -0.3 is 15.7 Å². The van der Waals surface area contributed by atoms with E-state index >= 15 is 0 Å². The predicted molar refractivity (Wildman–Crippen MR) is 77.5 cm³/mol. The number of aromatic hydroxyl groups is 1. The molecule has 0 spiro atoms. The van der Waals surface area contributed by atoms with Crippen LogP contribution in [0.25, 0.3) is 0 Å². The average molecular weight is 278 g/mol. The summed E-state index contributed by atoms with van der Waals surface area (Å²) < 4.78 is 0. The summed E-state index contributed by atoms with van der Waals surface area (Å²) in [7, 11) is 0. The summed E-state index contributed by atoms with van der Waals surface area (Å²) >= 11 is 0. The van der Waals surface area contributed by atoms with Crippen LogP contribution in [0.1, 0.15) is 37.0 Å². The van der Waals surface area contributed by atoms with Gasteiger partial charge in [0.2, 0.25) is 5.91 Å². The molecule has 0 saturated heterocycles. The van der Waals surface area contributed by atoms with Crippen molar-refractivity contribution in [3.05, 3.63) is 29.8 Å². The monoisotopic (exact) mass is 278 g/mol. The van der Waals surface area contributed by atoms with Crippen LogP contribution in [-0.2, 0) is 4.79 Å². The van der Waals surface area contributed by atoms with Crippen molar-refractivity contribution in [3.63, 3.8) is 0 Å². The largest absolute Gasteiger partial charge is 0.508 e. The van der Waals surface area contributed by atoms with E-state index in [0.717, 1.165) is 12.8 Å². The Hall–Kier alpha value is -2.04. The summed E-state index contributed by atoms with van der Waals surface area (Å²) in [5.74, 6) is -0.143. The maximum atomic E-state index is 11.8. The summed E-state index contributed by atoms with van der Waals surface area (Å²) in [5.41, 5.74) is 0.399. The molecule has 0 atom stereocenters. The molecule has 1 aromatic rings. The summed E-state index contributed by atoms with van der Waals surface area (Å²) in [6, 6.07) is 6.14. The first-order valence-electron chi connectivity index (χ1n) is 6.93. The van der Waals surface area contributed by atoms with Crippen molar-refractivity contribution in [2.45, 2.75) is 26.7 Å². The lowest BCUT2D eigenvalue weighted by molar-refractivity contribution is -0.125. The highest BCUT2D eigenvalue weighted by Gasteiger charge is 2.13. The third-order valence-electron chi connectivity index (χ3n) is 3.17. The lowest BCUT2D eigenvalue weighted by Gasteiger charge is -2.13. The second kappa shape index (κ2) is 8.19. The number of hydrogen-bond acceptors (Lipinski definition) is 3. The first kappa shape index (κ1) is 16.0. The van der Waals surface area contributed by atoms with Gasteiger partial charge in [-0.2, -0.15) is 0 Å². The number of hydrogen-bond donors (Lipinski definition) is 3. The number of carbonyl (C=O) groups excluding carboxylic acids is 2. The zero-order valence-corrected chi connectivity index (χ0v) is 12.0. The van der Waals surface area contributed by atoms with E-state index in [9.17, 15) is 14.7 Å². The molecule has 0 saturated carbocycles. The quantitative estimate of drug-likeness (QED) is 0.664. The van der Waals surface area contributed by atoms with E-state index in [2.05, 4.69) is 10.6 Å². The van der Waals surface area contributed by atoms with Gasteiger partial charge in [-0.3, -0.25) is 9.59 Å². The molecule has 1 aromatic carbocycles. The smallest absolute Gasteiger partial charge is 0.251 e. The third-order valence-corrected chi connectivity index (χ3v) is 3.17. The molecule has 110 valence electrons. The van der Waals surface area contributed by atoms with Gasteiger partial charge in [0.05, 0.1) is 0 Å². The Morgan fingerprint density at radius 1 is 1.15 bits per heavy atom. The fourth-order valence-electron chi connectivity index (χ4n) is 1.91. The summed E-state index contributed by atoms with van der Waals surface area (Å²) in [4.78, 5) is 23.5. The molecule has 0 aliphatic heterocycles. The van der Waals surface area contributed by atoms with E-state index in [4.69, 9.17) is 0 Å². The van der Waals surface area contributed by atoms with Crippen molar-refractivity contribution in [3.8, 4) is 5.75 Å². The lowest BCUT2D eigenvalue weighted by Crippen LogP contribution is -2.37. The third kappa shape index (κ3) is 4.91. The Morgan fingerprint density at radius 3 is 2.40 bits per heavy atom. The van der Waals surface area contributed by atoms with Gasteiger partial charge in [-0.1, -0.05) is 19.9 Å². The average Bonchev–Trinajstić information content (AvgIpc) is 2.44. The fraction of sp³-hybridized carbons (Fsp3) is 0.467. The predicted octanol–water partition coefficient (Wildman–Crippen LogP) is 1.67. The molecule has 0 aromatic heterocycles. The van der Waals surface area contributed by atoms with Crippen LogP contribution in [0.3, 0.4) is 0 Å². The minimum atomic E-state index is -0.266. The topological polar surface area (TPSA) is 78.4 Å². The van der Waals surface area contributed by atoms with E-state index < -0.39 is 0 Å². The van der Waals surface area contributed by atoms with Crippen LogP contribution in [0.5, 0.6) is 5.75 Å². The Bertz CT molecular complexity index is 456. The zero-order valence-electron chi connectivity index (χ0n) is 12.0. The van der Waals surface area contributed by atoms with E-state index in [0.29, 0.717) is 18.7 Å². The second-order valence-electron chi connectivity index (χ2n) is 4.61. The fourth-order valence-corrected chi connectivity index (χ4v) is 1.91. The molecular weight excluding hydrogens is 256 g/mol. The molecule has 3 N–H and O–H groups in total. The molecular formula is C15H22N2O3. The molecule has 1 rings (SSSR count). The first-order valence-corrected chi connectivity index (χ1v) is 6.93. The van der Waals surface area contributed by atoms with Gasteiger partial charge in [0.15, 0.2) is 0 Å². The molecule has 0 heterocycles. The SMILES string of the molecule is CCC(CC)C(=O)NCCNC(=O)c1cccc(O)c1. The number of amides is 2. The Balaban J connectivity index is 2.31. The molecule has 0 bridgehead atoms. The van der Waals surface area contributed by atoms with Gasteiger partial charge in [0.25, 0.3) is 5.91 Å². The van der Waals surface area contributed by atoms with Crippen LogP contribution in [0.15, 0.2) is 24.3 Å². The van der Waals surface area contributed by atoms with E-state index in [1.165, 1.54) is 12.1 Å². The highest BCUT2D eigenvalue weighted by Crippen LogP contribution is 2.10. The summed E-state index contributed by atoms with van der Waals surface area (Å²) in [6.07, 6.45) is 1.63. The van der Waals surface area contributed by atoms with Crippen molar-refractivity contribution in [1.29, 1.82) is 0 Å². The number of benzene rings is 1. The van der Waals surface area contributed by atoms with Crippen LogP contribution in [0.2, 0.25) is 0 Å². The Morgan fingerprint density at radius 2 is 1.80 bits per heavy atom. The maximum absolute atomic E-state index is 11.8. The molecule has 0 radical (unpaired) electrons. The number of phenols is 1. The molecule has 0 aliphatic rings. The molecule has 20 heavy (non-hydrogen) atoms. The zero-order chi connectivity index (χ0) is 15.0. The van der Waals surface area contributed by atoms with Gasteiger partial charge >= 0.3 is 0 Å². The molecule has 0 fully saturated rings. The van der Waals surface area contributed by atoms with Crippen LogP contribution in [-0.4, -0.2) is 30.0 Å². The minimum absolute atomic E-state index is 0.0293. The van der Waals surface area contributed by atoms with Gasteiger partial charge in [0, 0.05) is 24.6 Å². The maximum Gasteiger partial charge on any atom is 0.251 e. The highest BCUT2D eigenvalue weighted by molar-refractivity contribution is 5.94. The van der Waals surface area contributed by atoms with Crippen LogP contribution in [0.4, 0.5) is 0 Å². The van der Waals surface area contributed by atoms with Gasteiger partial charge in [-0.15, -0.1) is 0 Å². The van der Waals surface area contributed by atoms with Crippen molar-refractivity contribution in [1.82, 2.24) is 10.6 Å². The Labute approximate surface area is 119 Å². The molecule has 0 aliphatic carbocycles. The van der Waals surface area contributed by atoms with Crippen LogP contribution in [0, 0.1) is 5.92 Å². The number of phenolic OH excluding ortho intramolecular Hbond substituents is 1. The molecule has 2 amide bonds. The summed E-state index contributed by atoms with van der Waals surface area (Å²) in [6.45, 7) is 4.73. The van der Waals surface area contributed by atoms with E-state index in [1.807, 2.05) is 13.8 Å². The van der Waals surface area contributed by atoms with Gasteiger partial charge in [-0.05, 0) is 31.0 Å². The van der Waals surface area contributed by atoms with Crippen molar-refractivity contribution in [2.75, 3.05) is 13.1 Å². The number of carbonyl (C=O) groups is 2. The van der Waals surface area contributed by atoms with Crippen molar-refractivity contribution >= 4 is 11.8 Å². The van der Waals surface area contributed by atoms with Crippen LogP contribution < -0.4 is 10.6 Å². The second-order valence-corrected chi connectivity index (χ2v) is 4.61. The number of nitrogens with one attached hydrogen (secondary N) is 2. The van der Waals surface area contributed by atoms with Gasteiger partial charge in [0.1, 0.15) is 5.75 Å². The van der Waals surface area contributed by atoms with Crippen molar-refractivity contribution in [2.24, 2.45) is 5.92 Å². The van der Waals surface area contributed by atoms with Crippen molar-refractivity contribution < 1.29 is 14.7 Å². The highest BCUT2D eigenvalue weighted by atomic mass is 16.3. The molecule has 0 unspecified atom stereocenters. The standard InChI is InChI=1S/C15H22N2O3/c1-3-11(4-2)14(19)16-8-9-17-15(20)12-6-5-7-13(18)10-12/h5-7,10-11,18H,3-4,8-9H2,1-2H3,(H,16,19)(H,17,20).